The number of hydrogen-bond acceptors (Lipinski definition) is 4. The van der Waals surface area contributed by atoms with Crippen LogP contribution >= 0.6 is 0 Å². The van der Waals surface area contributed by atoms with E-state index >= 15 is 0 Å². The van der Waals surface area contributed by atoms with Crippen molar-refractivity contribution in [3.63, 3.8) is 0 Å². The highest BCUT2D eigenvalue weighted by molar-refractivity contribution is 5.97. The first kappa shape index (κ1) is 25.5. The van der Waals surface area contributed by atoms with Crippen molar-refractivity contribution in [2.24, 2.45) is 0 Å². The van der Waals surface area contributed by atoms with Gasteiger partial charge >= 0.3 is 0 Å². The monoisotopic (exact) mass is 501 g/mol. The molecular weight excluding hydrogens is 462 g/mol. The summed E-state index contributed by atoms with van der Waals surface area (Å²) in [5, 5.41) is 3.10. The lowest BCUT2D eigenvalue weighted by molar-refractivity contribution is -0.149. The van der Waals surface area contributed by atoms with Gasteiger partial charge in [-0.15, -0.1) is 0 Å². The zero-order valence-electron chi connectivity index (χ0n) is 22.1. The highest BCUT2D eigenvalue weighted by Gasteiger charge is 2.41. The minimum atomic E-state index is -0.0542. The molecular formula is C31H39N3O3. The standard InChI is InChI=1S/C31H39N3O3/c1-3-33-18-6-7-26(33)20-32-30(35)25-16-14-23(15-17-25)19-29-31(36)34(21-24-12-10-22(2)11-13-24)27-8-4-5-9-28(27)37-29/h10-17,19,26-28H,3-9,18,20-21H2,1-2H3,(H,32,35)/b29-19+. The van der Waals surface area contributed by atoms with Gasteiger partial charge in [-0.2, -0.15) is 0 Å². The van der Waals surface area contributed by atoms with Gasteiger partial charge in [0, 0.05) is 24.7 Å². The van der Waals surface area contributed by atoms with Gasteiger partial charge in [0.25, 0.3) is 11.8 Å². The number of amides is 2. The molecule has 0 spiro atoms. The van der Waals surface area contributed by atoms with Crippen LogP contribution < -0.4 is 5.32 Å². The van der Waals surface area contributed by atoms with Gasteiger partial charge in [-0.05, 0) is 81.5 Å². The summed E-state index contributed by atoms with van der Waals surface area (Å²) in [5.41, 5.74) is 3.84. The molecule has 2 aromatic carbocycles. The Morgan fingerprint density at radius 3 is 2.54 bits per heavy atom. The molecule has 5 rings (SSSR count). The smallest absolute Gasteiger partial charge is 0.289 e. The van der Waals surface area contributed by atoms with E-state index in [2.05, 4.69) is 48.3 Å². The second-order valence-corrected chi connectivity index (χ2v) is 10.7. The lowest BCUT2D eigenvalue weighted by atomic mass is 9.89. The second-order valence-electron chi connectivity index (χ2n) is 10.7. The van der Waals surface area contributed by atoms with E-state index in [0.717, 1.165) is 56.3 Å². The Bertz CT molecular complexity index is 1130. The summed E-state index contributed by atoms with van der Waals surface area (Å²) in [6, 6.07) is 16.4. The van der Waals surface area contributed by atoms with Gasteiger partial charge in [-0.1, -0.05) is 55.3 Å². The number of likely N-dealkylation sites (N-methyl/N-ethyl adjacent to an activating group) is 1. The van der Waals surface area contributed by atoms with E-state index < -0.39 is 0 Å². The third kappa shape index (κ3) is 5.90. The zero-order chi connectivity index (χ0) is 25.8. The van der Waals surface area contributed by atoms with E-state index in [0.29, 0.717) is 30.5 Å². The van der Waals surface area contributed by atoms with Gasteiger partial charge in [-0.3, -0.25) is 14.5 Å². The van der Waals surface area contributed by atoms with Crippen LogP contribution in [-0.2, 0) is 16.1 Å². The van der Waals surface area contributed by atoms with E-state index in [4.69, 9.17) is 4.74 Å². The number of fused-ring (bicyclic) bond motifs is 1. The molecule has 3 fully saturated rings. The Balaban J connectivity index is 1.27. The molecule has 2 amide bonds. The van der Waals surface area contributed by atoms with Crippen LogP contribution in [0.25, 0.3) is 6.08 Å². The van der Waals surface area contributed by atoms with Gasteiger partial charge < -0.3 is 15.0 Å². The molecule has 2 saturated heterocycles. The van der Waals surface area contributed by atoms with Crippen LogP contribution in [0, 0.1) is 6.92 Å². The number of ether oxygens (including phenoxy) is 1. The topological polar surface area (TPSA) is 61.9 Å². The molecule has 6 heteroatoms. The summed E-state index contributed by atoms with van der Waals surface area (Å²) in [6.07, 6.45) is 8.40. The molecule has 196 valence electrons. The molecule has 6 nitrogen and oxygen atoms in total. The van der Waals surface area contributed by atoms with Crippen LogP contribution in [0.1, 0.15) is 72.5 Å². The molecule has 3 atom stereocenters. The third-order valence-electron chi connectivity index (χ3n) is 8.17. The number of hydrogen-bond donors (Lipinski definition) is 1. The Hall–Kier alpha value is -3.12. The van der Waals surface area contributed by atoms with Gasteiger partial charge in [0.05, 0.1) is 6.04 Å². The van der Waals surface area contributed by atoms with Gasteiger partial charge in [0.1, 0.15) is 6.10 Å². The minimum Gasteiger partial charge on any atom is -0.482 e. The van der Waals surface area contributed by atoms with Crippen molar-refractivity contribution in [3.05, 3.63) is 76.5 Å². The van der Waals surface area contributed by atoms with Crippen molar-refractivity contribution in [1.82, 2.24) is 15.1 Å². The van der Waals surface area contributed by atoms with Crippen LogP contribution in [0.15, 0.2) is 54.3 Å². The van der Waals surface area contributed by atoms with Crippen molar-refractivity contribution in [3.8, 4) is 0 Å². The molecule has 3 unspecified atom stereocenters. The molecule has 0 bridgehead atoms. The number of rotatable bonds is 7. The molecule has 3 aliphatic rings. The van der Waals surface area contributed by atoms with E-state index in [1.165, 1.54) is 12.0 Å². The Kier molecular flexibility index (Phi) is 7.94. The number of nitrogens with one attached hydrogen (secondary N) is 1. The highest BCUT2D eigenvalue weighted by atomic mass is 16.5. The van der Waals surface area contributed by atoms with E-state index in [1.54, 1.807) is 0 Å². The number of likely N-dealkylation sites (tertiary alicyclic amines) is 1. The van der Waals surface area contributed by atoms with E-state index in [9.17, 15) is 9.59 Å². The highest BCUT2D eigenvalue weighted by Crippen LogP contribution is 2.34. The fourth-order valence-electron chi connectivity index (χ4n) is 5.99. The summed E-state index contributed by atoms with van der Waals surface area (Å²) in [4.78, 5) is 30.7. The maximum Gasteiger partial charge on any atom is 0.289 e. The van der Waals surface area contributed by atoms with Crippen LogP contribution in [0.3, 0.4) is 0 Å². The van der Waals surface area contributed by atoms with E-state index in [-0.39, 0.29) is 24.0 Å². The van der Waals surface area contributed by atoms with Crippen LogP contribution in [0.2, 0.25) is 0 Å². The third-order valence-corrected chi connectivity index (χ3v) is 8.17. The molecule has 0 radical (unpaired) electrons. The molecule has 1 N–H and O–H groups in total. The van der Waals surface area contributed by atoms with E-state index in [1.807, 2.05) is 35.2 Å². The van der Waals surface area contributed by atoms with Crippen molar-refractivity contribution in [2.45, 2.75) is 77.1 Å². The number of morpholine rings is 1. The second kappa shape index (κ2) is 11.5. The largest absolute Gasteiger partial charge is 0.482 e. The quantitative estimate of drug-likeness (QED) is 0.547. The summed E-state index contributed by atoms with van der Waals surface area (Å²) in [7, 11) is 0. The van der Waals surface area contributed by atoms with Crippen LogP contribution in [0.4, 0.5) is 0 Å². The van der Waals surface area contributed by atoms with Crippen molar-refractivity contribution in [1.29, 1.82) is 0 Å². The van der Waals surface area contributed by atoms with Crippen molar-refractivity contribution in [2.75, 3.05) is 19.6 Å². The van der Waals surface area contributed by atoms with Crippen molar-refractivity contribution < 1.29 is 14.3 Å². The average Bonchev–Trinajstić information content (AvgIpc) is 3.39. The molecule has 0 aromatic heterocycles. The number of carbonyl (C=O) groups is 2. The molecule has 2 aliphatic heterocycles. The summed E-state index contributed by atoms with van der Waals surface area (Å²) in [5.74, 6) is 0.289. The number of carbonyl (C=O) groups excluding carboxylic acids is 2. The van der Waals surface area contributed by atoms with Gasteiger partial charge in [-0.25, -0.2) is 0 Å². The fraction of sp³-hybridized carbons (Fsp3) is 0.484. The first-order valence-corrected chi connectivity index (χ1v) is 13.9. The minimum absolute atomic E-state index is 0.0338. The predicted molar refractivity (Wildman–Crippen MR) is 146 cm³/mol. The normalized spacial score (nSPS) is 25.1. The zero-order valence-corrected chi connectivity index (χ0v) is 22.1. The SMILES string of the molecule is CCN1CCCC1CNC(=O)c1ccc(/C=C2/OC3CCCCC3N(Cc3ccc(C)cc3)C2=O)cc1. The summed E-state index contributed by atoms with van der Waals surface area (Å²) >= 11 is 0. The number of benzene rings is 2. The first-order chi connectivity index (χ1) is 18.0. The molecule has 2 aromatic rings. The predicted octanol–water partition coefficient (Wildman–Crippen LogP) is 4.92. The van der Waals surface area contributed by atoms with Gasteiger partial charge in [0.15, 0.2) is 5.76 Å². The molecule has 1 saturated carbocycles. The van der Waals surface area contributed by atoms with Crippen molar-refractivity contribution >= 4 is 17.9 Å². The maximum atomic E-state index is 13.6. The fourth-order valence-corrected chi connectivity index (χ4v) is 5.99. The first-order valence-electron chi connectivity index (χ1n) is 13.9. The molecule has 2 heterocycles. The summed E-state index contributed by atoms with van der Waals surface area (Å²) in [6.45, 7) is 7.66. The maximum absolute atomic E-state index is 13.6. The lowest BCUT2D eigenvalue weighted by Gasteiger charge is -2.44. The molecule has 1 aliphatic carbocycles. The lowest BCUT2D eigenvalue weighted by Crippen LogP contribution is -2.54. The average molecular weight is 502 g/mol. The number of nitrogens with zero attached hydrogens (tertiary/aromatic N) is 2. The number of aryl methyl sites for hydroxylation is 1. The summed E-state index contributed by atoms with van der Waals surface area (Å²) < 4.78 is 6.27. The Labute approximate surface area is 220 Å². The Morgan fingerprint density at radius 1 is 1.03 bits per heavy atom. The van der Waals surface area contributed by atoms with Crippen LogP contribution in [-0.4, -0.2) is 59.4 Å². The van der Waals surface area contributed by atoms with Gasteiger partial charge in [0.2, 0.25) is 0 Å². The Morgan fingerprint density at radius 2 is 1.78 bits per heavy atom. The van der Waals surface area contributed by atoms with Crippen LogP contribution in [0.5, 0.6) is 0 Å². The molecule has 37 heavy (non-hydrogen) atoms.